The standard InChI is InChI=1S/C19H19NO3S/c1-4-23-17-10-9-13(11-18(17)22-3)19-20-15(12-24-19)14-7-5-6-8-16(14)21-2/h5-12H,4H2,1-3H3. The zero-order valence-corrected chi connectivity index (χ0v) is 14.7. The number of thiazole rings is 1. The topological polar surface area (TPSA) is 40.6 Å². The number of nitrogens with zero attached hydrogens (tertiary/aromatic N) is 1. The number of ether oxygens (including phenoxy) is 3. The van der Waals surface area contributed by atoms with Crippen LogP contribution in [0.2, 0.25) is 0 Å². The minimum Gasteiger partial charge on any atom is -0.496 e. The summed E-state index contributed by atoms with van der Waals surface area (Å²) in [4.78, 5) is 4.75. The van der Waals surface area contributed by atoms with Crippen molar-refractivity contribution in [2.45, 2.75) is 6.92 Å². The van der Waals surface area contributed by atoms with Gasteiger partial charge in [-0.25, -0.2) is 4.98 Å². The van der Waals surface area contributed by atoms with Crippen LogP contribution in [0, 0.1) is 0 Å². The Balaban J connectivity index is 1.96. The van der Waals surface area contributed by atoms with Gasteiger partial charge in [0.05, 0.1) is 26.5 Å². The summed E-state index contributed by atoms with van der Waals surface area (Å²) in [5.74, 6) is 2.27. The number of hydrogen-bond acceptors (Lipinski definition) is 5. The molecule has 3 aromatic rings. The van der Waals surface area contributed by atoms with Crippen LogP contribution >= 0.6 is 11.3 Å². The number of methoxy groups -OCH3 is 2. The third kappa shape index (κ3) is 3.21. The molecule has 0 saturated carbocycles. The summed E-state index contributed by atoms with van der Waals surface area (Å²) in [6.07, 6.45) is 0. The van der Waals surface area contributed by atoms with Crippen molar-refractivity contribution in [3.05, 3.63) is 47.8 Å². The molecule has 0 aliphatic carbocycles. The molecule has 0 saturated heterocycles. The van der Waals surface area contributed by atoms with Gasteiger partial charge in [0.2, 0.25) is 0 Å². The van der Waals surface area contributed by atoms with E-state index < -0.39 is 0 Å². The number of rotatable bonds is 6. The second-order valence-electron chi connectivity index (χ2n) is 5.04. The monoisotopic (exact) mass is 341 g/mol. The highest BCUT2D eigenvalue weighted by Gasteiger charge is 2.12. The first-order valence-corrected chi connectivity index (χ1v) is 8.55. The highest BCUT2D eigenvalue weighted by Crippen LogP contribution is 2.37. The van der Waals surface area contributed by atoms with E-state index in [4.69, 9.17) is 19.2 Å². The average Bonchev–Trinajstić information content (AvgIpc) is 3.12. The minimum absolute atomic E-state index is 0.602. The molecule has 0 amide bonds. The molecular formula is C19H19NO3S. The van der Waals surface area contributed by atoms with Crippen molar-refractivity contribution in [2.24, 2.45) is 0 Å². The van der Waals surface area contributed by atoms with Crippen LogP contribution < -0.4 is 14.2 Å². The van der Waals surface area contributed by atoms with E-state index in [-0.39, 0.29) is 0 Å². The number of aromatic nitrogens is 1. The molecule has 0 radical (unpaired) electrons. The summed E-state index contributed by atoms with van der Waals surface area (Å²) in [5, 5.41) is 2.97. The maximum Gasteiger partial charge on any atom is 0.161 e. The molecule has 0 unspecified atom stereocenters. The Labute approximate surface area is 145 Å². The van der Waals surface area contributed by atoms with Crippen molar-refractivity contribution in [1.29, 1.82) is 0 Å². The van der Waals surface area contributed by atoms with E-state index in [2.05, 4.69) is 0 Å². The van der Waals surface area contributed by atoms with Crippen molar-refractivity contribution in [1.82, 2.24) is 4.98 Å². The Morgan fingerprint density at radius 3 is 2.50 bits per heavy atom. The van der Waals surface area contributed by atoms with Crippen LogP contribution in [0.25, 0.3) is 21.8 Å². The predicted molar refractivity (Wildman–Crippen MR) is 97.3 cm³/mol. The van der Waals surface area contributed by atoms with Crippen molar-refractivity contribution in [3.8, 4) is 39.1 Å². The molecular weight excluding hydrogens is 322 g/mol. The summed E-state index contributed by atoms with van der Waals surface area (Å²) in [5.41, 5.74) is 2.89. The maximum atomic E-state index is 5.57. The zero-order valence-electron chi connectivity index (χ0n) is 13.9. The Hall–Kier alpha value is -2.53. The SMILES string of the molecule is CCOc1ccc(-c2nc(-c3ccccc3OC)cs2)cc1OC. The van der Waals surface area contributed by atoms with Crippen molar-refractivity contribution >= 4 is 11.3 Å². The maximum absolute atomic E-state index is 5.57. The quantitative estimate of drug-likeness (QED) is 0.640. The molecule has 3 rings (SSSR count). The van der Waals surface area contributed by atoms with Gasteiger partial charge in [-0.3, -0.25) is 0 Å². The van der Waals surface area contributed by atoms with Crippen LogP contribution in [0.3, 0.4) is 0 Å². The Morgan fingerprint density at radius 2 is 1.75 bits per heavy atom. The second kappa shape index (κ2) is 7.36. The van der Waals surface area contributed by atoms with Crippen LogP contribution in [-0.2, 0) is 0 Å². The van der Waals surface area contributed by atoms with Gasteiger partial charge in [-0.2, -0.15) is 0 Å². The lowest BCUT2D eigenvalue weighted by molar-refractivity contribution is 0.311. The lowest BCUT2D eigenvalue weighted by Gasteiger charge is -2.10. The molecule has 0 aliphatic rings. The van der Waals surface area contributed by atoms with Gasteiger partial charge in [-0.15, -0.1) is 11.3 Å². The molecule has 0 fully saturated rings. The van der Waals surface area contributed by atoms with Gasteiger partial charge < -0.3 is 14.2 Å². The summed E-state index contributed by atoms with van der Waals surface area (Å²) in [7, 11) is 3.31. The van der Waals surface area contributed by atoms with Crippen LogP contribution in [0.5, 0.6) is 17.2 Å². The average molecular weight is 341 g/mol. The van der Waals surface area contributed by atoms with Crippen LogP contribution in [-0.4, -0.2) is 25.8 Å². The summed E-state index contributed by atoms with van der Waals surface area (Å²) in [6, 6.07) is 13.8. The summed E-state index contributed by atoms with van der Waals surface area (Å²) in [6.45, 7) is 2.55. The molecule has 0 bridgehead atoms. The fourth-order valence-electron chi connectivity index (χ4n) is 2.46. The summed E-state index contributed by atoms with van der Waals surface area (Å²) >= 11 is 1.59. The van der Waals surface area contributed by atoms with Gasteiger partial charge in [0.25, 0.3) is 0 Å². The van der Waals surface area contributed by atoms with Gasteiger partial charge in [0, 0.05) is 16.5 Å². The first-order valence-electron chi connectivity index (χ1n) is 7.67. The predicted octanol–water partition coefficient (Wildman–Crippen LogP) is 4.89. The minimum atomic E-state index is 0.602. The fourth-order valence-corrected chi connectivity index (χ4v) is 3.28. The van der Waals surface area contributed by atoms with Gasteiger partial charge in [-0.1, -0.05) is 12.1 Å². The largest absolute Gasteiger partial charge is 0.496 e. The van der Waals surface area contributed by atoms with Gasteiger partial charge >= 0.3 is 0 Å². The third-order valence-electron chi connectivity index (χ3n) is 3.60. The number of hydrogen-bond donors (Lipinski definition) is 0. The molecule has 0 atom stereocenters. The highest BCUT2D eigenvalue weighted by atomic mass is 32.1. The lowest BCUT2D eigenvalue weighted by Crippen LogP contribution is -1.95. The molecule has 0 aliphatic heterocycles. The molecule has 2 aromatic carbocycles. The second-order valence-corrected chi connectivity index (χ2v) is 5.89. The first kappa shape index (κ1) is 16.3. The van der Waals surface area contributed by atoms with E-state index >= 15 is 0 Å². The van der Waals surface area contributed by atoms with Gasteiger partial charge in [0.1, 0.15) is 10.8 Å². The zero-order chi connectivity index (χ0) is 16.9. The number of para-hydroxylation sites is 1. The number of benzene rings is 2. The normalized spacial score (nSPS) is 10.5. The van der Waals surface area contributed by atoms with E-state index in [0.717, 1.165) is 33.3 Å². The van der Waals surface area contributed by atoms with E-state index in [1.807, 2.05) is 54.8 Å². The Morgan fingerprint density at radius 1 is 0.958 bits per heavy atom. The Bertz CT molecular complexity index is 829. The van der Waals surface area contributed by atoms with E-state index in [0.29, 0.717) is 12.4 Å². The highest BCUT2D eigenvalue weighted by molar-refractivity contribution is 7.13. The molecule has 0 N–H and O–H groups in total. The molecule has 0 spiro atoms. The Kier molecular flexibility index (Phi) is 5.01. The van der Waals surface area contributed by atoms with Crippen LogP contribution in [0.15, 0.2) is 47.8 Å². The third-order valence-corrected chi connectivity index (χ3v) is 4.49. The fraction of sp³-hybridized carbons (Fsp3) is 0.211. The van der Waals surface area contributed by atoms with Crippen molar-refractivity contribution in [2.75, 3.05) is 20.8 Å². The van der Waals surface area contributed by atoms with E-state index in [1.54, 1.807) is 25.6 Å². The van der Waals surface area contributed by atoms with E-state index in [9.17, 15) is 0 Å². The van der Waals surface area contributed by atoms with Crippen molar-refractivity contribution in [3.63, 3.8) is 0 Å². The lowest BCUT2D eigenvalue weighted by atomic mass is 10.1. The van der Waals surface area contributed by atoms with Crippen LogP contribution in [0.4, 0.5) is 0 Å². The molecule has 124 valence electrons. The molecule has 24 heavy (non-hydrogen) atoms. The molecule has 1 heterocycles. The van der Waals surface area contributed by atoms with Gasteiger partial charge in [-0.05, 0) is 37.3 Å². The van der Waals surface area contributed by atoms with Gasteiger partial charge in [0.15, 0.2) is 11.5 Å². The molecule has 5 heteroatoms. The molecule has 4 nitrogen and oxygen atoms in total. The van der Waals surface area contributed by atoms with E-state index in [1.165, 1.54) is 0 Å². The first-order chi connectivity index (χ1) is 11.8. The molecule has 1 aromatic heterocycles. The smallest absolute Gasteiger partial charge is 0.161 e. The van der Waals surface area contributed by atoms with Crippen molar-refractivity contribution < 1.29 is 14.2 Å². The summed E-state index contributed by atoms with van der Waals surface area (Å²) < 4.78 is 16.4. The van der Waals surface area contributed by atoms with Crippen LogP contribution in [0.1, 0.15) is 6.92 Å².